The Balaban J connectivity index is 1.12. The van der Waals surface area contributed by atoms with E-state index in [1.165, 1.54) is 5.69 Å². The number of allylic oxidation sites excluding steroid dienone is 4. The van der Waals surface area contributed by atoms with E-state index in [9.17, 15) is 0 Å². The number of fused-ring (bicyclic) bond motifs is 2. The van der Waals surface area contributed by atoms with Gasteiger partial charge < -0.3 is 25.6 Å². The van der Waals surface area contributed by atoms with E-state index in [-0.39, 0.29) is 6.04 Å². The van der Waals surface area contributed by atoms with Gasteiger partial charge in [-0.2, -0.15) is 0 Å². The molecule has 1 aliphatic carbocycles. The zero-order valence-electron chi connectivity index (χ0n) is 23.5. The number of morpholine rings is 1. The van der Waals surface area contributed by atoms with Gasteiger partial charge in [0.15, 0.2) is 0 Å². The molecule has 3 N–H and O–H groups in total. The summed E-state index contributed by atoms with van der Waals surface area (Å²) in [5, 5.41) is 11.6. The van der Waals surface area contributed by atoms with E-state index in [2.05, 4.69) is 73.8 Å². The molecule has 2 aliphatic heterocycles. The second kappa shape index (κ2) is 11.8. The number of benzene rings is 1. The van der Waals surface area contributed by atoms with Crippen molar-refractivity contribution in [1.82, 2.24) is 15.3 Å². The number of amidine groups is 1. The molecular weight excluding hydrogens is 510 g/mol. The van der Waals surface area contributed by atoms with Crippen LogP contribution in [0.4, 0.5) is 17.1 Å². The molecule has 4 heterocycles. The molecule has 8 nitrogen and oxygen atoms in total. The number of hydrogen-bond donors (Lipinski definition) is 3. The Morgan fingerprint density at radius 1 is 1.07 bits per heavy atom. The van der Waals surface area contributed by atoms with Crippen molar-refractivity contribution < 1.29 is 4.74 Å². The van der Waals surface area contributed by atoms with E-state index < -0.39 is 0 Å². The summed E-state index contributed by atoms with van der Waals surface area (Å²) in [6, 6.07) is 12.5. The Bertz CT molecular complexity index is 1630. The van der Waals surface area contributed by atoms with Crippen molar-refractivity contribution in [3.63, 3.8) is 0 Å². The summed E-state index contributed by atoms with van der Waals surface area (Å²) in [5.74, 6) is 0.798. The van der Waals surface area contributed by atoms with Gasteiger partial charge in [0, 0.05) is 82.7 Å². The number of nitrogens with zero attached hydrogens (tertiary/aromatic N) is 4. The molecule has 41 heavy (non-hydrogen) atoms. The van der Waals surface area contributed by atoms with Gasteiger partial charge >= 0.3 is 0 Å². The van der Waals surface area contributed by atoms with Gasteiger partial charge in [-0.1, -0.05) is 12.7 Å². The van der Waals surface area contributed by atoms with Crippen LogP contribution in [0.2, 0.25) is 0 Å². The van der Waals surface area contributed by atoms with E-state index in [0.29, 0.717) is 0 Å². The molecular formula is C33H35N7O. The number of pyridine rings is 2. The van der Waals surface area contributed by atoms with Crippen LogP contribution in [0.15, 0.2) is 113 Å². The van der Waals surface area contributed by atoms with Gasteiger partial charge in [-0.05, 0) is 74.5 Å². The van der Waals surface area contributed by atoms with Crippen molar-refractivity contribution >= 4 is 33.8 Å². The van der Waals surface area contributed by atoms with Crippen LogP contribution in [0.5, 0.6) is 0 Å². The van der Waals surface area contributed by atoms with Gasteiger partial charge in [0.1, 0.15) is 5.84 Å². The standard InChI is InChI=1S/C33H35N7O/c1-4-24(37-30-12-14-35-29-10-8-27(21-28(29)30)40-15-17-41-18-16-40)6-5-22(2)33-38-31-9-7-25(20-32(31)39-33)36-26-11-13-34-23(3)19-26/h4-14,19,21,32H,2,15-18,20H2,1,3H3,(H,34,36)(H,35,37)(H,38,39)/b6-5-,24-4+. The molecule has 3 aliphatic rings. The van der Waals surface area contributed by atoms with Gasteiger partial charge in [0.2, 0.25) is 0 Å². The first-order chi connectivity index (χ1) is 20.1. The highest BCUT2D eigenvalue weighted by molar-refractivity contribution is 6.03. The van der Waals surface area contributed by atoms with Gasteiger partial charge in [0.25, 0.3) is 0 Å². The molecule has 1 saturated heterocycles. The van der Waals surface area contributed by atoms with Gasteiger partial charge in [0.05, 0.1) is 24.8 Å². The summed E-state index contributed by atoms with van der Waals surface area (Å²) in [4.78, 5) is 16.1. The van der Waals surface area contributed by atoms with Crippen LogP contribution >= 0.6 is 0 Å². The average Bonchev–Trinajstić information content (AvgIpc) is 3.43. The summed E-state index contributed by atoms with van der Waals surface area (Å²) in [7, 11) is 0. The van der Waals surface area contributed by atoms with Crippen molar-refractivity contribution in [3.05, 3.63) is 114 Å². The van der Waals surface area contributed by atoms with Crippen molar-refractivity contribution in [2.75, 3.05) is 41.8 Å². The Labute approximate surface area is 240 Å². The van der Waals surface area contributed by atoms with E-state index in [4.69, 9.17) is 9.73 Å². The van der Waals surface area contributed by atoms with E-state index in [1.807, 2.05) is 56.6 Å². The lowest BCUT2D eigenvalue weighted by molar-refractivity contribution is 0.122. The summed E-state index contributed by atoms with van der Waals surface area (Å²) < 4.78 is 5.53. The number of aliphatic imine (C=N–C) groups is 1. The first-order valence-electron chi connectivity index (χ1n) is 14.0. The van der Waals surface area contributed by atoms with E-state index in [0.717, 1.165) is 89.2 Å². The van der Waals surface area contributed by atoms with Crippen molar-refractivity contribution in [3.8, 4) is 0 Å². The monoisotopic (exact) mass is 545 g/mol. The zero-order chi connectivity index (χ0) is 28.2. The normalized spacial score (nSPS) is 18.9. The first-order valence-corrected chi connectivity index (χ1v) is 14.0. The molecule has 1 atom stereocenters. The van der Waals surface area contributed by atoms with Gasteiger partial charge in [-0.15, -0.1) is 0 Å². The molecule has 2 aromatic heterocycles. The molecule has 1 fully saturated rings. The number of rotatable bonds is 8. The summed E-state index contributed by atoms with van der Waals surface area (Å²) in [6.45, 7) is 11.6. The Kier molecular flexibility index (Phi) is 7.65. The number of aromatic nitrogens is 2. The highest BCUT2D eigenvalue weighted by Crippen LogP contribution is 2.29. The molecule has 0 amide bonds. The van der Waals surface area contributed by atoms with Crippen LogP contribution in [0.3, 0.4) is 0 Å². The Morgan fingerprint density at radius 2 is 1.93 bits per heavy atom. The van der Waals surface area contributed by atoms with Gasteiger partial charge in [-0.25, -0.2) is 0 Å². The van der Waals surface area contributed by atoms with Crippen LogP contribution in [0.1, 0.15) is 19.0 Å². The number of hydrogen-bond acceptors (Lipinski definition) is 8. The third kappa shape index (κ3) is 6.07. The van der Waals surface area contributed by atoms with E-state index in [1.54, 1.807) is 0 Å². The second-order valence-electron chi connectivity index (χ2n) is 10.3. The zero-order valence-corrected chi connectivity index (χ0v) is 23.5. The van der Waals surface area contributed by atoms with Crippen LogP contribution in [0, 0.1) is 6.92 Å². The second-order valence-corrected chi connectivity index (χ2v) is 10.3. The van der Waals surface area contributed by atoms with Crippen LogP contribution in [-0.2, 0) is 4.74 Å². The summed E-state index contributed by atoms with van der Waals surface area (Å²) in [5.41, 5.74) is 9.18. The summed E-state index contributed by atoms with van der Waals surface area (Å²) in [6.07, 6.45) is 14.8. The molecule has 0 bridgehead atoms. The lowest BCUT2D eigenvalue weighted by atomic mass is 10.0. The number of aryl methyl sites for hydroxylation is 1. The lowest BCUT2D eigenvalue weighted by Crippen LogP contribution is -2.36. The third-order valence-corrected chi connectivity index (χ3v) is 7.45. The Morgan fingerprint density at radius 3 is 2.76 bits per heavy atom. The summed E-state index contributed by atoms with van der Waals surface area (Å²) >= 11 is 0. The van der Waals surface area contributed by atoms with Crippen molar-refractivity contribution in [2.24, 2.45) is 4.99 Å². The van der Waals surface area contributed by atoms with Crippen molar-refractivity contribution in [1.29, 1.82) is 0 Å². The fraction of sp³-hybridized carbons (Fsp3) is 0.242. The first kappa shape index (κ1) is 26.5. The molecule has 6 rings (SSSR count). The lowest BCUT2D eigenvalue weighted by Gasteiger charge is -2.29. The molecule has 3 aromatic rings. The molecule has 0 spiro atoms. The maximum atomic E-state index is 5.53. The SMILES string of the molecule is C=C(/C=C\C(=C/C)Nc1ccnc2ccc(N3CCOCC3)cc12)C1=NC2CC(Nc3ccnc(C)c3)=CC=C2N1. The smallest absolute Gasteiger partial charge is 0.132 e. The fourth-order valence-electron chi connectivity index (χ4n) is 5.21. The fourth-order valence-corrected chi connectivity index (χ4v) is 5.21. The minimum atomic E-state index is 0.0498. The van der Waals surface area contributed by atoms with Crippen LogP contribution in [0.25, 0.3) is 10.9 Å². The largest absolute Gasteiger partial charge is 0.378 e. The number of ether oxygens (including phenoxy) is 1. The minimum absolute atomic E-state index is 0.0498. The maximum absolute atomic E-state index is 5.53. The molecule has 1 unspecified atom stereocenters. The predicted octanol–water partition coefficient (Wildman–Crippen LogP) is 5.86. The third-order valence-electron chi connectivity index (χ3n) is 7.45. The number of anilines is 3. The van der Waals surface area contributed by atoms with Crippen LogP contribution in [-0.4, -0.2) is 48.1 Å². The molecule has 1 aromatic carbocycles. The van der Waals surface area contributed by atoms with Gasteiger partial charge in [-0.3, -0.25) is 15.0 Å². The molecule has 8 heteroatoms. The minimum Gasteiger partial charge on any atom is -0.378 e. The molecule has 0 saturated carbocycles. The average molecular weight is 546 g/mol. The maximum Gasteiger partial charge on any atom is 0.132 e. The quantitative estimate of drug-likeness (QED) is 0.306. The Hall–Kier alpha value is -4.69. The highest BCUT2D eigenvalue weighted by atomic mass is 16.5. The highest BCUT2D eigenvalue weighted by Gasteiger charge is 2.26. The topological polar surface area (TPSA) is 86.7 Å². The number of nitrogens with one attached hydrogen (secondary N) is 3. The molecule has 0 radical (unpaired) electrons. The van der Waals surface area contributed by atoms with E-state index >= 15 is 0 Å². The predicted molar refractivity (Wildman–Crippen MR) is 168 cm³/mol. The molecule has 208 valence electrons. The van der Waals surface area contributed by atoms with Crippen molar-refractivity contribution in [2.45, 2.75) is 26.3 Å². The van der Waals surface area contributed by atoms with Crippen LogP contribution < -0.4 is 20.9 Å².